The molecule has 0 bridgehead atoms. The molecule has 1 saturated carbocycles. The van der Waals surface area contributed by atoms with E-state index in [2.05, 4.69) is 52.9 Å². The molecular weight excluding hydrogens is 420 g/mol. The molecule has 1 aliphatic carbocycles. The summed E-state index contributed by atoms with van der Waals surface area (Å²) in [6, 6.07) is 10.5. The fraction of sp³-hybridized carbons (Fsp3) is 0.440. The molecule has 1 aliphatic heterocycles. The van der Waals surface area contributed by atoms with Gasteiger partial charge >= 0.3 is 0 Å². The van der Waals surface area contributed by atoms with E-state index in [9.17, 15) is 9.90 Å². The molecule has 2 aromatic heterocycles. The molecule has 3 heterocycles. The monoisotopic (exact) mass is 448 g/mol. The van der Waals surface area contributed by atoms with Crippen LogP contribution in [0.1, 0.15) is 37.0 Å². The second-order valence-corrected chi connectivity index (χ2v) is 10.2. The van der Waals surface area contributed by atoms with Crippen LogP contribution in [-0.2, 0) is 0 Å². The van der Waals surface area contributed by atoms with Gasteiger partial charge in [-0.1, -0.05) is 11.8 Å². The maximum Gasteiger partial charge on any atom is 0.275 e. The van der Waals surface area contributed by atoms with Crippen LogP contribution in [0.15, 0.2) is 41.5 Å². The van der Waals surface area contributed by atoms with E-state index in [1.165, 1.54) is 17.0 Å². The Bertz CT molecular complexity index is 1240. The van der Waals surface area contributed by atoms with Gasteiger partial charge < -0.3 is 14.9 Å². The first-order valence-corrected chi connectivity index (χ1v) is 12.0. The molecule has 32 heavy (non-hydrogen) atoms. The Morgan fingerprint density at radius 3 is 2.59 bits per heavy atom. The van der Waals surface area contributed by atoms with Crippen molar-refractivity contribution in [2.24, 2.45) is 0 Å². The molecule has 0 radical (unpaired) electrons. The van der Waals surface area contributed by atoms with Crippen molar-refractivity contribution >= 4 is 27.2 Å². The Morgan fingerprint density at radius 1 is 1.19 bits per heavy atom. The fourth-order valence-electron chi connectivity index (χ4n) is 4.64. The molecule has 7 heteroatoms. The van der Waals surface area contributed by atoms with E-state index in [0.29, 0.717) is 16.3 Å². The van der Waals surface area contributed by atoms with Crippen molar-refractivity contribution in [1.29, 1.82) is 0 Å². The number of aliphatic hydroxyl groups is 1. The molecule has 0 amide bonds. The zero-order valence-electron chi connectivity index (χ0n) is 18.5. The maximum atomic E-state index is 13.1. The topological polar surface area (TPSA) is 61.6 Å². The molecule has 166 valence electrons. The summed E-state index contributed by atoms with van der Waals surface area (Å²) in [5.74, 6) is 6.09. The highest BCUT2D eigenvalue weighted by Gasteiger charge is 2.28. The van der Waals surface area contributed by atoms with Gasteiger partial charge in [0, 0.05) is 24.8 Å². The molecule has 1 N–H and O–H groups in total. The molecule has 5 rings (SSSR count). The van der Waals surface area contributed by atoms with Crippen molar-refractivity contribution in [1.82, 2.24) is 14.5 Å². The smallest absolute Gasteiger partial charge is 0.275 e. The van der Waals surface area contributed by atoms with Gasteiger partial charge in [0.05, 0.1) is 16.1 Å². The highest BCUT2D eigenvalue weighted by atomic mass is 32.1. The number of hydrogen-bond donors (Lipinski definition) is 1. The third-order valence-corrected chi connectivity index (χ3v) is 7.70. The second-order valence-electron chi connectivity index (χ2n) is 9.10. The maximum absolute atomic E-state index is 13.1. The summed E-state index contributed by atoms with van der Waals surface area (Å²) in [4.78, 5) is 23.1. The van der Waals surface area contributed by atoms with E-state index >= 15 is 0 Å². The molecule has 1 saturated heterocycles. The minimum atomic E-state index is -0.881. The van der Waals surface area contributed by atoms with Crippen LogP contribution in [0.25, 0.3) is 15.9 Å². The minimum absolute atomic E-state index is 0.0887. The molecule has 2 fully saturated rings. The van der Waals surface area contributed by atoms with Crippen LogP contribution >= 0.6 is 11.3 Å². The van der Waals surface area contributed by atoms with Crippen LogP contribution < -0.4 is 10.5 Å². The first-order chi connectivity index (χ1) is 15.4. The standard InChI is InChI=1S/C25H28N4O2S/c1-27(2)20-10-14-28(16-20)18-5-7-19(8-6-18)29-17-26-22-15-21(32-23(22)24(29)30)9-13-25(31)11-3-4-12-25/h5-8,15,17,20,31H,3-4,10-12,14,16H2,1-2H3. The first kappa shape index (κ1) is 21.2. The van der Waals surface area contributed by atoms with Gasteiger partial charge in [-0.3, -0.25) is 9.36 Å². The number of hydrogen-bond acceptors (Lipinski definition) is 6. The number of likely N-dealkylation sites (N-methyl/N-ethyl adjacent to an activating group) is 1. The quantitative estimate of drug-likeness (QED) is 0.624. The summed E-state index contributed by atoms with van der Waals surface area (Å²) in [5, 5.41) is 10.5. The van der Waals surface area contributed by atoms with Crippen molar-refractivity contribution < 1.29 is 5.11 Å². The first-order valence-electron chi connectivity index (χ1n) is 11.2. The Hall–Kier alpha value is -2.66. The third kappa shape index (κ3) is 4.06. The normalized spacial score (nSPS) is 20.1. The SMILES string of the molecule is CN(C)C1CCN(c2ccc(-n3cnc4cc(C#CC5(O)CCCC5)sc4c3=O)cc2)C1. The van der Waals surface area contributed by atoms with E-state index in [-0.39, 0.29) is 5.56 Å². The molecule has 1 unspecified atom stereocenters. The molecule has 3 aromatic rings. The van der Waals surface area contributed by atoms with Crippen LogP contribution in [0.5, 0.6) is 0 Å². The van der Waals surface area contributed by atoms with Gasteiger partial charge in [0.15, 0.2) is 0 Å². The molecule has 1 aromatic carbocycles. The number of benzene rings is 1. The Morgan fingerprint density at radius 2 is 1.91 bits per heavy atom. The zero-order valence-corrected chi connectivity index (χ0v) is 19.4. The number of fused-ring (bicyclic) bond motifs is 1. The van der Waals surface area contributed by atoms with Crippen LogP contribution in [0.2, 0.25) is 0 Å². The largest absolute Gasteiger partial charge is 0.378 e. The van der Waals surface area contributed by atoms with E-state index in [1.807, 2.05) is 18.2 Å². The average Bonchev–Trinajstić information content (AvgIpc) is 3.53. The number of nitrogens with zero attached hydrogens (tertiary/aromatic N) is 4. The molecule has 2 aliphatic rings. The number of thiophene rings is 1. The van der Waals surface area contributed by atoms with Gasteiger partial charge in [0.1, 0.15) is 16.6 Å². The number of aromatic nitrogens is 2. The minimum Gasteiger partial charge on any atom is -0.378 e. The number of anilines is 1. The summed E-state index contributed by atoms with van der Waals surface area (Å²) < 4.78 is 2.18. The summed E-state index contributed by atoms with van der Waals surface area (Å²) >= 11 is 1.35. The fourth-order valence-corrected chi connectivity index (χ4v) is 5.54. The van der Waals surface area contributed by atoms with Crippen molar-refractivity contribution in [3.05, 3.63) is 51.9 Å². The van der Waals surface area contributed by atoms with Gasteiger partial charge in [-0.2, -0.15) is 0 Å². The van der Waals surface area contributed by atoms with E-state index in [1.54, 1.807) is 10.9 Å². The predicted octanol–water partition coefficient (Wildman–Crippen LogP) is 3.24. The summed E-state index contributed by atoms with van der Waals surface area (Å²) in [7, 11) is 4.26. The van der Waals surface area contributed by atoms with Gasteiger partial charge in [0.2, 0.25) is 0 Å². The molecule has 1 atom stereocenters. The highest BCUT2D eigenvalue weighted by molar-refractivity contribution is 7.19. The molecule has 6 nitrogen and oxygen atoms in total. The van der Waals surface area contributed by atoms with Gasteiger partial charge in [0.25, 0.3) is 5.56 Å². The lowest BCUT2D eigenvalue weighted by Gasteiger charge is -2.22. The van der Waals surface area contributed by atoms with Gasteiger partial charge in [-0.25, -0.2) is 4.98 Å². The predicted molar refractivity (Wildman–Crippen MR) is 130 cm³/mol. The lowest BCUT2D eigenvalue weighted by molar-refractivity contribution is 0.110. The summed E-state index contributed by atoms with van der Waals surface area (Å²) in [5.41, 5.74) is 1.67. The van der Waals surface area contributed by atoms with E-state index in [0.717, 1.165) is 55.8 Å². The average molecular weight is 449 g/mol. The van der Waals surface area contributed by atoms with Gasteiger partial charge in [-0.15, -0.1) is 11.3 Å². The van der Waals surface area contributed by atoms with E-state index < -0.39 is 5.60 Å². The van der Waals surface area contributed by atoms with Crippen LogP contribution in [0.4, 0.5) is 5.69 Å². The van der Waals surface area contributed by atoms with Gasteiger partial charge in [-0.05, 0) is 76.5 Å². The van der Waals surface area contributed by atoms with Crippen molar-refractivity contribution in [2.45, 2.75) is 43.7 Å². The number of rotatable bonds is 3. The van der Waals surface area contributed by atoms with Crippen molar-refractivity contribution in [3.8, 4) is 17.5 Å². The van der Waals surface area contributed by atoms with Crippen molar-refractivity contribution in [2.75, 3.05) is 32.1 Å². The summed E-state index contributed by atoms with van der Waals surface area (Å²) in [6.07, 6.45) is 6.22. The van der Waals surface area contributed by atoms with Crippen LogP contribution in [0.3, 0.4) is 0 Å². The Kier molecular flexibility index (Phi) is 5.54. The van der Waals surface area contributed by atoms with E-state index in [4.69, 9.17) is 0 Å². The van der Waals surface area contributed by atoms with Crippen LogP contribution in [0, 0.1) is 11.8 Å². The highest BCUT2D eigenvalue weighted by Crippen LogP contribution is 2.29. The Balaban J connectivity index is 1.39. The lowest BCUT2D eigenvalue weighted by atomic mass is 10.0. The Labute approximate surface area is 192 Å². The third-order valence-electron chi connectivity index (χ3n) is 6.67. The van der Waals surface area contributed by atoms with Crippen molar-refractivity contribution in [3.63, 3.8) is 0 Å². The zero-order chi connectivity index (χ0) is 22.3. The lowest BCUT2D eigenvalue weighted by Crippen LogP contribution is -2.31. The summed E-state index contributed by atoms with van der Waals surface area (Å²) in [6.45, 7) is 2.07. The molecular formula is C25H28N4O2S. The second kappa shape index (κ2) is 8.36. The molecule has 0 spiro atoms. The van der Waals surface area contributed by atoms with Crippen LogP contribution in [-0.4, -0.2) is 58.4 Å².